The molecule has 0 radical (unpaired) electrons. The van der Waals surface area contributed by atoms with Gasteiger partial charge in [-0.1, -0.05) is 17.3 Å². The van der Waals surface area contributed by atoms with E-state index in [0.717, 1.165) is 5.71 Å². The van der Waals surface area contributed by atoms with Crippen molar-refractivity contribution < 1.29 is 14.4 Å². The fourth-order valence-corrected chi connectivity index (χ4v) is 2.02. The summed E-state index contributed by atoms with van der Waals surface area (Å²) in [5, 5.41) is 14.4. The molecular formula is C13H16FN3O2. The maximum atomic E-state index is 13.4. The average Bonchev–Trinajstić information content (AvgIpc) is 2.42. The smallest absolute Gasteiger partial charge is 0.238 e. The number of likely N-dealkylation sites (tertiary alicyclic amines) is 1. The Labute approximate surface area is 110 Å². The molecule has 1 aliphatic rings. The van der Waals surface area contributed by atoms with E-state index in [9.17, 15) is 9.18 Å². The minimum atomic E-state index is -0.441. The van der Waals surface area contributed by atoms with Crippen molar-refractivity contribution in [3.8, 4) is 0 Å². The molecule has 0 unspecified atom stereocenters. The molecule has 1 aromatic rings. The number of hydrogen-bond acceptors (Lipinski definition) is 4. The quantitative estimate of drug-likeness (QED) is 0.645. The minimum Gasteiger partial charge on any atom is -0.411 e. The van der Waals surface area contributed by atoms with E-state index >= 15 is 0 Å². The first-order chi connectivity index (χ1) is 9.19. The second kappa shape index (κ2) is 6.29. The lowest BCUT2D eigenvalue weighted by atomic mass is 10.1. The van der Waals surface area contributed by atoms with Crippen LogP contribution in [0.3, 0.4) is 0 Å². The molecule has 0 bridgehead atoms. The number of nitrogens with zero attached hydrogens (tertiary/aromatic N) is 2. The van der Waals surface area contributed by atoms with Gasteiger partial charge in [0.1, 0.15) is 5.82 Å². The van der Waals surface area contributed by atoms with Gasteiger partial charge in [0.25, 0.3) is 0 Å². The third-order valence-corrected chi connectivity index (χ3v) is 3.09. The van der Waals surface area contributed by atoms with Gasteiger partial charge in [0, 0.05) is 25.9 Å². The Bertz CT molecular complexity index is 481. The SMILES string of the molecule is O=C(CN1CCC(=NO)CC1)Nc1ccccc1F. The summed E-state index contributed by atoms with van der Waals surface area (Å²) < 4.78 is 13.4. The fourth-order valence-electron chi connectivity index (χ4n) is 2.02. The molecule has 6 heteroatoms. The van der Waals surface area contributed by atoms with Gasteiger partial charge in [0.15, 0.2) is 0 Å². The van der Waals surface area contributed by atoms with Crippen LogP contribution in [0, 0.1) is 5.82 Å². The molecule has 1 heterocycles. The Kier molecular flexibility index (Phi) is 4.46. The molecule has 2 rings (SSSR count). The lowest BCUT2D eigenvalue weighted by Gasteiger charge is -2.26. The number of piperidine rings is 1. The zero-order chi connectivity index (χ0) is 13.7. The van der Waals surface area contributed by atoms with Gasteiger partial charge in [-0.05, 0) is 12.1 Å². The number of para-hydroxylation sites is 1. The van der Waals surface area contributed by atoms with Crippen molar-refractivity contribution in [2.75, 3.05) is 25.0 Å². The topological polar surface area (TPSA) is 64.9 Å². The van der Waals surface area contributed by atoms with Crippen LogP contribution in [-0.2, 0) is 4.79 Å². The van der Waals surface area contributed by atoms with Gasteiger partial charge in [-0.15, -0.1) is 0 Å². The molecule has 1 fully saturated rings. The van der Waals surface area contributed by atoms with Crippen LogP contribution < -0.4 is 5.32 Å². The molecule has 0 spiro atoms. The number of oxime groups is 1. The number of anilines is 1. The third-order valence-electron chi connectivity index (χ3n) is 3.09. The summed E-state index contributed by atoms with van der Waals surface area (Å²) in [6, 6.07) is 6.08. The molecule has 1 amide bonds. The highest BCUT2D eigenvalue weighted by Gasteiger charge is 2.18. The Hall–Kier alpha value is -1.95. The van der Waals surface area contributed by atoms with E-state index in [1.807, 2.05) is 4.90 Å². The molecule has 1 aliphatic heterocycles. The summed E-state index contributed by atoms with van der Waals surface area (Å²) in [5.74, 6) is -0.682. The summed E-state index contributed by atoms with van der Waals surface area (Å²) >= 11 is 0. The maximum Gasteiger partial charge on any atom is 0.238 e. The lowest BCUT2D eigenvalue weighted by Crippen LogP contribution is -2.39. The van der Waals surface area contributed by atoms with Crippen LogP contribution in [0.2, 0.25) is 0 Å². The molecule has 19 heavy (non-hydrogen) atoms. The number of hydrogen-bond donors (Lipinski definition) is 2. The number of carbonyl (C=O) groups excluding carboxylic acids is 1. The normalized spacial score (nSPS) is 16.2. The minimum absolute atomic E-state index is 0.196. The van der Waals surface area contributed by atoms with Crippen LogP contribution in [0.4, 0.5) is 10.1 Å². The van der Waals surface area contributed by atoms with E-state index in [4.69, 9.17) is 5.21 Å². The van der Waals surface area contributed by atoms with Crippen LogP contribution in [0.1, 0.15) is 12.8 Å². The summed E-state index contributed by atoms with van der Waals surface area (Å²) in [5.41, 5.74) is 0.952. The molecule has 1 saturated heterocycles. The van der Waals surface area contributed by atoms with Gasteiger partial charge in [0.2, 0.25) is 5.91 Å². The van der Waals surface area contributed by atoms with E-state index < -0.39 is 5.82 Å². The van der Waals surface area contributed by atoms with Crippen molar-refractivity contribution in [3.63, 3.8) is 0 Å². The van der Waals surface area contributed by atoms with Crippen molar-refractivity contribution in [3.05, 3.63) is 30.1 Å². The Morgan fingerprint density at radius 3 is 2.68 bits per heavy atom. The van der Waals surface area contributed by atoms with E-state index in [2.05, 4.69) is 10.5 Å². The van der Waals surface area contributed by atoms with E-state index in [0.29, 0.717) is 25.9 Å². The first-order valence-corrected chi connectivity index (χ1v) is 6.15. The highest BCUT2D eigenvalue weighted by atomic mass is 19.1. The zero-order valence-corrected chi connectivity index (χ0v) is 10.5. The fraction of sp³-hybridized carbons (Fsp3) is 0.385. The average molecular weight is 265 g/mol. The Balaban J connectivity index is 1.84. The highest BCUT2D eigenvalue weighted by molar-refractivity contribution is 5.92. The molecule has 5 nitrogen and oxygen atoms in total. The summed E-state index contributed by atoms with van der Waals surface area (Å²) in [4.78, 5) is 13.7. The lowest BCUT2D eigenvalue weighted by molar-refractivity contribution is -0.117. The van der Waals surface area contributed by atoms with E-state index in [1.54, 1.807) is 12.1 Å². The van der Waals surface area contributed by atoms with Gasteiger partial charge in [0.05, 0.1) is 17.9 Å². The third kappa shape index (κ3) is 3.75. The van der Waals surface area contributed by atoms with Crippen LogP contribution in [0.25, 0.3) is 0 Å². The van der Waals surface area contributed by atoms with Gasteiger partial charge in [-0.3, -0.25) is 9.69 Å². The predicted octanol–water partition coefficient (Wildman–Crippen LogP) is 1.69. The summed E-state index contributed by atoms with van der Waals surface area (Å²) in [7, 11) is 0. The standard InChI is InChI=1S/C13H16FN3O2/c14-11-3-1-2-4-12(11)15-13(18)9-17-7-5-10(16-19)6-8-17/h1-4,19H,5-9H2,(H,15,18). The van der Waals surface area contributed by atoms with Gasteiger partial charge >= 0.3 is 0 Å². The van der Waals surface area contributed by atoms with Gasteiger partial charge < -0.3 is 10.5 Å². The second-order valence-corrected chi connectivity index (χ2v) is 4.47. The van der Waals surface area contributed by atoms with Crippen molar-refractivity contribution in [1.82, 2.24) is 4.90 Å². The number of amides is 1. The molecule has 2 N–H and O–H groups in total. The zero-order valence-electron chi connectivity index (χ0n) is 10.5. The highest BCUT2D eigenvalue weighted by Crippen LogP contribution is 2.13. The first-order valence-electron chi connectivity index (χ1n) is 6.15. The van der Waals surface area contributed by atoms with Crippen LogP contribution in [-0.4, -0.2) is 41.4 Å². The van der Waals surface area contributed by atoms with Crippen molar-refractivity contribution >= 4 is 17.3 Å². The molecule has 0 saturated carbocycles. The maximum absolute atomic E-state index is 13.4. The number of benzene rings is 1. The van der Waals surface area contributed by atoms with E-state index in [1.165, 1.54) is 12.1 Å². The molecule has 0 aromatic heterocycles. The van der Waals surface area contributed by atoms with Gasteiger partial charge in [-0.25, -0.2) is 4.39 Å². The summed E-state index contributed by atoms with van der Waals surface area (Å²) in [6.07, 6.45) is 1.31. The molecule has 0 atom stereocenters. The van der Waals surface area contributed by atoms with E-state index in [-0.39, 0.29) is 18.1 Å². The molecular weight excluding hydrogens is 249 g/mol. The molecule has 102 valence electrons. The van der Waals surface area contributed by atoms with Crippen LogP contribution >= 0.6 is 0 Å². The number of rotatable bonds is 3. The Morgan fingerprint density at radius 1 is 1.37 bits per heavy atom. The molecule has 0 aliphatic carbocycles. The predicted molar refractivity (Wildman–Crippen MR) is 69.9 cm³/mol. The van der Waals surface area contributed by atoms with Crippen molar-refractivity contribution in [2.45, 2.75) is 12.8 Å². The van der Waals surface area contributed by atoms with Crippen LogP contribution in [0.15, 0.2) is 29.4 Å². The number of carbonyl (C=O) groups is 1. The molecule has 1 aromatic carbocycles. The monoisotopic (exact) mass is 265 g/mol. The summed E-state index contributed by atoms with van der Waals surface area (Å²) in [6.45, 7) is 1.56. The largest absolute Gasteiger partial charge is 0.411 e. The number of halogens is 1. The van der Waals surface area contributed by atoms with Crippen molar-refractivity contribution in [1.29, 1.82) is 0 Å². The first kappa shape index (κ1) is 13.5. The second-order valence-electron chi connectivity index (χ2n) is 4.47. The van der Waals surface area contributed by atoms with Crippen molar-refractivity contribution in [2.24, 2.45) is 5.16 Å². The van der Waals surface area contributed by atoms with Crippen LogP contribution in [0.5, 0.6) is 0 Å². The van der Waals surface area contributed by atoms with Gasteiger partial charge in [-0.2, -0.15) is 0 Å². The number of nitrogens with one attached hydrogen (secondary N) is 1. The Morgan fingerprint density at radius 2 is 2.05 bits per heavy atom.